The van der Waals surface area contributed by atoms with Crippen LogP contribution in [0.2, 0.25) is 0 Å². The predicted octanol–water partition coefficient (Wildman–Crippen LogP) is -0.724. The van der Waals surface area contributed by atoms with Crippen molar-refractivity contribution in [1.82, 2.24) is 4.90 Å². The van der Waals surface area contributed by atoms with E-state index in [2.05, 4.69) is 11.9 Å². The lowest BCUT2D eigenvalue weighted by Crippen LogP contribution is -2.43. The van der Waals surface area contributed by atoms with Crippen LogP contribution in [0.15, 0.2) is 0 Å². The average Bonchev–Trinajstić information content (AvgIpc) is 1.88. The molecule has 3 heteroatoms. The molecule has 1 atom stereocenters. The van der Waals surface area contributed by atoms with Gasteiger partial charge in [-0.1, -0.05) is 0 Å². The van der Waals surface area contributed by atoms with Crippen LogP contribution in [0.4, 0.5) is 0 Å². The van der Waals surface area contributed by atoms with Crippen LogP contribution in [0.3, 0.4) is 0 Å². The molecule has 1 aliphatic rings. The molecule has 1 rings (SSSR count). The van der Waals surface area contributed by atoms with Crippen molar-refractivity contribution in [1.29, 1.82) is 0 Å². The Labute approximate surface area is 55.8 Å². The third-order valence-corrected chi connectivity index (χ3v) is 1.60. The van der Waals surface area contributed by atoms with Gasteiger partial charge in [0.05, 0.1) is 12.7 Å². The van der Waals surface area contributed by atoms with Crippen LogP contribution >= 0.6 is 0 Å². The molecule has 54 valence electrons. The molecule has 0 bridgehead atoms. The van der Waals surface area contributed by atoms with Gasteiger partial charge in [-0.2, -0.15) is 0 Å². The SMILES string of the molecule is CN1CCOC(CN)C1. The summed E-state index contributed by atoms with van der Waals surface area (Å²) in [6, 6.07) is 0. The molecular weight excluding hydrogens is 116 g/mol. The Hall–Kier alpha value is -0.120. The van der Waals surface area contributed by atoms with Crippen molar-refractivity contribution < 1.29 is 4.74 Å². The molecule has 0 aromatic carbocycles. The normalized spacial score (nSPS) is 30.7. The molecule has 0 amide bonds. The van der Waals surface area contributed by atoms with Gasteiger partial charge in [-0.3, -0.25) is 0 Å². The van der Waals surface area contributed by atoms with Gasteiger partial charge >= 0.3 is 0 Å². The summed E-state index contributed by atoms with van der Waals surface area (Å²) in [4.78, 5) is 2.24. The molecule has 1 fully saturated rings. The number of hydrogen-bond acceptors (Lipinski definition) is 3. The van der Waals surface area contributed by atoms with Gasteiger partial charge in [0.25, 0.3) is 0 Å². The van der Waals surface area contributed by atoms with E-state index in [4.69, 9.17) is 10.5 Å². The van der Waals surface area contributed by atoms with Crippen molar-refractivity contribution in [3.63, 3.8) is 0 Å². The number of nitrogens with two attached hydrogens (primary N) is 1. The minimum absolute atomic E-state index is 0.267. The fourth-order valence-electron chi connectivity index (χ4n) is 1.01. The topological polar surface area (TPSA) is 38.5 Å². The average molecular weight is 130 g/mol. The molecule has 0 radical (unpaired) electrons. The van der Waals surface area contributed by atoms with E-state index in [0.29, 0.717) is 6.54 Å². The monoisotopic (exact) mass is 130 g/mol. The summed E-state index contributed by atoms with van der Waals surface area (Å²) in [5.41, 5.74) is 5.41. The Morgan fingerprint density at radius 1 is 1.78 bits per heavy atom. The fraction of sp³-hybridized carbons (Fsp3) is 1.00. The first-order chi connectivity index (χ1) is 4.33. The standard InChI is InChI=1S/C6H14N2O/c1-8-2-3-9-6(4-7)5-8/h6H,2-5,7H2,1H3. The van der Waals surface area contributed by atoms with E-state index in [1.54, 1.807) is 0 Å². The summed E-state index contributed by atoms with van der Waals surface area (Å²) in [6.07, 6.45) is 0.267. The van der Waals surface area contributed by atoms with Crippen LogP contribution in [-0.2, 0) is 4.74 Å². The van der Waals surface area contributed by atoms with E-state index < -0.39 is 0 Å². The molecule has 1 heterocycles. The van der Waals surface area contributed by atoms with E-state index >= 15 is 0 Å². The highest BCUT2D eigenvalue weighted by atomic mass is 16.5. The smallest absolute Gasteiger partial charge is 0.0824 e. The fourth-order valence-corrected chi connectivity index (χ4v) is 1.01. The second-order valence-corrected chi connectivity index (χ2v) is 2.49. The van der Waals surface area contributed by atoms with Gasteiger partial charge in [0.2, 0.25) is 0 Å². The molecule has 0 spiro atoms. The molecule has 1 unspecified atom stereocenters. The van der Waals surface area contributed by atoms with Crippen molar-refractivity contribution in [2.75, 3.05) is 33.3 Å². The molecule has 9 heavy (non-hydrogen) atoms. The van der Waals surface area contributed by atoms with E-state index in [1.807, 2.05) is 0 Å². The summed E-state index contributed by atoms with van der Waals surface area (Å²) in [5.74, 6) is 0. The zero-order valence-electron chi connectivity index (χ0n) is 5.84. The Morgan fingerprint density at radius 3 is 3.00 bits per heavy atom. The summed E-state index contributed by atoms with van der Waals surface area (Å²) in [6.45, 7) is 3.50. The molecule has 1 saturated heterocycles. The maximum atomic E-state index is 5.41. The molecular formula is C6H14N2O. The van der Waals surface area contributed by atoms with Crippen molar-refractivity contribution >= 4 is 0 Å². The number of rotatable bonds is 1. The van der Waals surface area contributed by atoms with Gasteiger partial charge in [-0.05, 0) is 7.05 Å². The van der Waals surface area contributed by atoms with Crippen LogP contribution in [-0.4, -0.2) is 44.3 Å². The van der Waals surface area contributed by atoms with Gasteiger partial charge < -0.3 is 15.4 Å². The molecule has 0 saturated carbocycles. The largest absolute Gasteiger partial charge is 0.374 e. The Kier molecular flexibility index (Phi) is 2.45. The van der Waals surface area contributed by atoms with Crippen LogP contribution < -0.4 is 5.73 Å². The number of nitrogens with zero attached hydrogens (tertiary/aromatic N) is 1. The van der Waals surface area contributed by atoms with Crippen molar-refractivity contribution in [2.45, 2.75) is 6.10 Å². The lowest BCUT2D eigenvalue weighted by molar-refractivity contribution is -0.0138. The molecule has 0 aliphatic carbocycles. The molecule has 0 aromatic rings. The highest BCUT2D eigenvalue weighted by Gasteiger charge is 2.14. The first-order valence-corrected chi connectivity index (χ1v) is 3.33. The van der Waals surface area contributed by atoms with Crippen molar-refractivity contribution in [2.24, 2.45) is 5.73 Å². The van der Waals surface area contributed by atoms with E-state index in [1.165, 1.54) is 0 Å². The zero-order valence-corrected chi connectivity index (χ0v) is 5.84. The Morgan fingerprint density at radius 2 is 2.56 bits per heavy atom. The third-order valence-electron chi connectivity index (χ3n) is 1.60. The summed E-state index contributed by atoms with van der Waals surface area (Å²) in [7, 11) is 2.09. The highest BCUT2D eigenvalue weighted by molar-refractivity contribution is 4.68. The minimum atomic E-state index is 0.267. The Bertz CT molecular complexity index is 87.1. The summed E-state index contributed by atoms with van der Waals surface area (Å²) >= 11 is 0. The van der Waals surface area contributed by atoms with E-state index in [9.17, 15) is 0 Å². The molecule has 0 aromatic heterocycles. The molecule has 2 N–H and O–H groups in total. The maximum absolute atomic E-state index is 5.41. The van der Waals surface area contributed by atoms with Gasteiger partial charge in [-0.25, -0.2) is 0 Å². The van der Waals surface area contributed by atoms with E-state index in [0.717, 1.165) is 19.7 Å². The second-order valence-electron chi connectivity index (χ2n) is 2.49. The second kappa shape index (κ2) is 3.15. The third kappa shape index (κ3) is 1.93. The van der Waals surface area contributed by atoms with Crippen LogP contribution in [0.5, 0.6) is 0 Å². The van der Waals surface area contributed by atoms with E-state index in [-0.39, 0.29) is 6.10 Å². The van der Waals surface area contributed by atoms with Crippen molar-refractivity contribution in [3.8, 4) is 0 Å². The first-order valence-electron chi connectivity index (χ1n) is 3.33. The lowest BCUT2D eigenvalue weighted by atomic mass is 10.3. The molecule has 3 nitrogen and oxygen atoms in total. The van der Waals surface area contributed by atoms with Crippen molar-refractivity contribution in [3.05, 3.63) is 0 Å². The van der Waals surface area contributed by atoms with Crippen LogP contribution in [0, 0.1) is 0 Å². The highest BCUT2D eigenvalue weighted by Crippen LogP contribution is 1.99. The Balaban J connectivity index is 2.23. The minimum Gasteiger partial charge on any atom is -0.374 e. The number of likely N-dealkylation sites (N-methyl/N-ethyl adjacent to an activating group) is 1. The van der Waals surface area contributed by atoms with Gasteiger partial charge in [0.1, 0.15) is 0 Å². The van der Waals surface area contributed by atoms with Crippen LogP contribution in [0.25, 0.3) is 0 Å². The summed E-state index contributed by atoms with van der Waals surface area (Å²) in [5, 5.41) is 0. The molecule has 1 aliphatic heterocycles. The number of morpholine rings is 1. The van der Waals surface area contributed by atoms with Gasteiger partial charge in [0.15, 0.2) is 0 Å². The predicted molar refractivity (Wildman–Crippen MR) is 36.3 cm³/mol. The number of ether oxygens (including phenoxy) is 1. The summed E-state index contributed by atoms with van der Waals surface area (Å²) < 4.78 is 5.33. The zero-order chi connectivity index (χ0) is 6.69. The number of hydrogen-bond donors (Lipinski definition) is 1. The first kappa shape index (κ1) is 6.99. The quantitative estimate of drug-likeness (QED) is 0.509. The van der Waals surface area contributed by atoms with Gasteiger partial charge in [-0.15, -0.1) is 0 Å². The maximum Gasteiger partial charge on any atom is 0.0824 e. The lowest BCUT2D eigenvalue weighted by Gasteiger charge is -2.28. The van der Waals surface area contributed by atoms with Gasteiger partial charge in [0, 0.05) is 19.6 Å². The van der Waals surface area contributed by atoms with Crippen LogP contribution in [0.1, 0.15) is 0 Å².